The monoisotopic (exact) mass is 1620 g/mol. The molecule has 0 amide bonds. The summed E-state index contributed by atoms with van der Waals surface area (Å²) in [5.41, 5.74) is -2.39. The first kappa shape index (κ1) is 113. The molecule has 9 saturated heterocycles. The van der Waals surface area contributed by atoms with E-state index in [1.165, 1.54) is 59.9 Å². The van der Waals surface area contributed by atoms with Crippen molar-refractivity contribution >= 4 is 65.7 Å². The van der Waals surface area contributed by atoms with Crippen molar-refractivity contribution in [1.29, 1.82) is 0 Å². The molecular weight excluding hydrogens is 1460 g/mol. The third-order valence-corrected chi connectivity index (χ3v) is 24.3. The maximum Gasteiger partial charge on any atom is 0.350 e. The largest absolute Gasteiger partial charge is 0.469 e. The Morgan fingerprint density at radius 3 is 1.34 bits per heavy atom. The average molecular weight is 1620 g/mol. The molecule has 26 heteroatoms. The van der Waals surface area contributed by atoms with Crippen LogP contribution in [-0.4, -0.2) is 173 Å². The normalized spacial score (nSPS) is 32.2. The lowest BCUT2D eigenvalue weighted by atomic mass is 9.78. The van der Waals surface area contributed by atoms with E-state index in [0.717, 1.165) is 31.8 Å². The predicted molar refractivity (Wildman–Crippen MR) is 434 cm³/mol. The van der Waals surface area contributed by atoms with Crippen LogP contribution in [0, 0.1) is 92.2 Å². The van der Waals surface area contributed by atoms with E-state index in [4.69, 9.17) is 61.6 Å². The number of cyclic esters (lactones) is 2. The lowest BCUT2D eigenvalue weighted by Gasteiger charge is -2.32. The van der Waals surface area contributed by atoms with Crippen LogP contribution >= 0.6 is 0 Å². The van der Waals surface area contributed by atoms with Crippen molar-refractivity contribution in [3.8, 4) is 0 Å². The maximum absolute atomic E-state index is 12.4. The second kappa shape index (κ2) is 45.7. The Balaban J connectivity index is -0.000000619. The summed E-state index contributed by atoms with van der Waals surface area (Å²) in [6.45, 7) is 37.0. The van der Waals surface area contributed by atoms with Crippen LogP contribution in [0.1, 0.15) is 296 Å². The molecule has 26 nitrogen and oxygen atoms in total. The number of methoxy groups -OCH3 is 3. The molecule has 6 bridgehead atoms. The van der Waals surface area contributed by atoms with Gasteiger partial charge in [0.25, 0.3) is 0 Å². The molecular formula is C87H160O26. The van der Waals surface area contributed by atoms with Gasteiger partial charge in [-0.2, -0.15) is 0 Å². The molecule has 0 spiro atoms. The van der Waals surface area contributed by atoms with E-state index in [2.05, 4.69) is 9.47 Å². The van der Waals surface area contributed by atoms with E-state index in [1.807, 2.05) is 104 Å². The second-order valence-corrected chi connectivity index (χ2v) is 33.1. The van der Waals surface area contributed by atoms with Gasteiger partial charge in [-0.05, 0) is 172 Å². The van der Waals surface area contributed by atoms with Crippen LogP contribution < -0.4 is 0 Å². The fraction of sp³-hybridized carbons (Fsp3) is 0.874. The predicted octanol–water partition coefficient (Wildman–Crippen LogP) is 16.6. The van der Waals surface area contributed by atoms with Gasteiger partial charge in [-0.15, -0.1) is 0 Å². The maximum atomic E-state index is 12.4. The molecule has 22 atom stereocenters. The number of hydrogen-bond acceptors (Lipinski definition) is 26. The minimum absolute atomic E-state index is 0. The highest BCUT2D eigenvalue weighted by molar-refractivity contribution is 5.87. The van der Waals surface area contributed by atoms with E-state index in [1.54, 1.807) is 27.7 Å². The quantitative estimate of drug-likeness (QED) is 0.115. The number of esters is 11. The van der Waals surface area contributed by atoms with E-state index >= 15 is 0 Å². The smallest absolute Gasteiger partial charge is 0.350 e. The van der Waals surface area contributed by atoms with E-state index in [0.29, 0.717) is 62.4 Å². The molecule has 9 aliphatic heterocycles. The molecule has 0 aromatic carbocycles. The fourth-order valence-electron chi connectivity index (χ4n) is 15.7. The van der Waals surface area contributed by atoms with Crippen LogP contribution in [0.25, 0.3) is 0 Å². The van der Waals surface area contributed by atoms with E-state index < -0.39 is 107 Å². The molecule has 0 aromatic heterocycles. The summed E-state index contributed by atoms with van der Waals surface area (Å²) in [6.07, 6.45) is 8.03. The SMILES string of the molecule is C.C.C.C.C.C.C.C.C.C.CC.CCC(C)(C)C(=O)OC.CCC(C)(C)C(=O)OC.CCC(C)(C)C(=O)OC1C(=O)OC2C3OC(C)(C)OC3OC12.CCC(C)(C)C(=O)OC1C2CC3C(=O)OC1C3O2.CCC(C)(C)C(=O)OC1C2CC3C1OC(=O)C3C2C(=O)OC.O=C1OCC2C3CCC(C3)C12.O=C1OCC2CCCCC12. The Labute approximate surface area is 682 Å². The van der Waals surface area contributed by atoms with Crippen LogP contribution in [0.15, 0.2) is 0 Å². The first-order valence-corrected chi connectivity index (χ1v) is 37.7. The summed E-state index contributed by atoms with van der Waals surface area (Å²) in [7, 11) is 4.15. The Hall–Kier alpha value is -5.99. The Morgan fingerprint density at radius 2 is 0.858 bits per heavy atom. The van der Waals surface area contributed by atoms with Crippen LogP contribution in [-0.2, 0) is 124 Å². The van der Waals surface area contributed by atoms with Crippen molar-refractivity contribution in [3.05, 3.63) is 0 Å². The van der Waals surface area contributed by atoms with Gasteiger partial charge in [0.1, 0.15) is 24.4 Å². The van der Waals surface area contributed by atoms with Crippen molar-refractivity contribution < 1.29 is 124 Å². The van der Waals surface area contributed by atoms with Gasteiger partial charge < -0.3 is 71.1 Å². The minimum atomic E-state index is -1.07. The Morgan fingerprint density at radius 1 is 0.398 bits per heavy atom. The van der Waals surface area contributed by atoms with Gasteiger partial charge in [-0.1, -0.05) is 136 Å². The van der Waals surface area contributed by atoms with Gasteiger partial charge in [-0.3, -0.25) is 47.9 Å². The molecule has 5 aliphatic carbocycles. The number of carbonyl (C=O) groups is 11. The lowest BCUT2D eigenvalue weighted by Crippen LogP contribution is -2.45. The third-order valence-electron chi connectivity index (χ3n) is 24.3. The Bertz CT molecular complexity index is 3030. The molecule has 0 N–H and O–H groups in total. The molecule has 14 fully saturated rings. The van der Waals surface area contributed by atoms with Crippen LogP contribution in [0.2, 0.25) is 0 Å². The summed E-state index contributed by atoms with van der Waals surface area (Å²) in [4.78, 5) is 128. The highest BCUT2D eigenvalue weighted by atomic mass is 16.9. The molecule has 0 radical (unpaired) electrons. The van der Waals surface area contributed by atoms with Crippen molar-refractivity contribution in [3.63, 3.8) is 0 Å². The second-order valence-electron chi connectivity index (χ2n) is 33.1. The van der Waals surface area contributed by atoms with Crippen LogP contribution in [0.5, 0.6) is 0 Å². The summed E-state index contributed by atoms with van der Waals surface area (Å²) in [5.74, 6) is -1.53. The van der Waals surface area contributed by atoms with Crippen molar-refractivity contribution in [2.45, 2.75) is 369 Å². The molecule has 0 aromatic rings. The molecule has 113 heavy (non-hydrogen) atoms. The molecule has 14 rings (SSSR count). The van der Waals surface area contributed by atoms with Gasteiger partial charge in [0.05, 0.1) is 97.3 Å². The van der Waals surface area contributed by atoms with Gasteiger partial charge in [0.2, 0.25) is 6.10 Å². The van der Waals surface area contributed by atoms with Crippen LogP contribution in [0.3, 0.4) is 0 Å². The molecule has 9 heterocycles. The first-order chi connectivity index (χ1) is 48.2. The number of fused-ring (bicyclic) bond motifs is 11. The molecule has 5 saturated carbocycles. The summed E-state index contributed by atoms with van der Waals surface area (Å²) >= 11 is 0. The minimum Gasteiger partial charge on any atom is -0.469 e. The Kier molecular flexibility index (Phi) is 45.8. The zero-order valence-electron chi connectivity index (χ0n) is 65.1. The number of hydrogen-bond donors (Lipinski definition) is 0. The van der Waals surface area contributed by atoms with Gasteiger partial charge >= 0.3 is 65.7 Å². The third kappa shape index (κ3) is 24.4. The zero-order valence-corrected chi connectivity index (χ0v) is 65.1. The van der Waals surface area contributed by atoms with Gasteiger partial charge in [0, 0.05) is 23.7 Å². The zero-order chi connectivity index (χ0) is 77.0. The molecule has 14 aliphatic rings. The standard InChI is InChI=1S/C16H22O6.C15H22O7.C13H18O5.C9H12O2.C8H12O2.2C7H14O2.C2H6.10CH4/c1-5-16(2,3)15(19)22-12-7-6-8-10(9(7)13(17)20-4)14(18)21-11(8)12;1-6-14(2,3)13(17)20-9-7-8(18-11(9)16)10-12(19-7)22-15(4,5)21-10;1-4-13(2,3)12(15)18-9-7-5-6-8(16-7)10(9)17-11(6)14;10-9-8-6-2-1-5(3-6)7(8)4-11-9;9-8-7-4-2-1-3-6(7)5-10-8;2*1-5-7(2,3)6(8)9-4;1-2;;;;;;;;;;/h7-12H,5-6H2,1-4H3;7-10,12H,6H2,1-5H3;6-10H,4-5H2,1-3H3;5-8H,1-4H2;6-7H,1-5H2;2*5H2,1-4H3;1-2H3;10*1H4. The average Bonchev–Trinajstić information content (AvgIpc) is 1.53. The van der Waals surface area contributed by atoms with Gasteiger partial charge in [-0.25, -0.2) is 4.79 Å². The number of carbonyl (C=O) groups excluding carboxylic acids is 11. The fourth-order valence-corrected chi connectivity index (χ4v) is 15.7. The molecule has 664 valence electrons. The first-order valence-electron chi connectivity index (χ1n) is 37.7. The summed E-state index contributed by atoms with van der Waals surface area (Å²) in [6, 6.07) is 0. The highest BCUT2D eigenvalue weighted by Crippen LogP contribution is 2.60. The van der Waals surface area contributed by atoms with E-state index in [-0.39, 0.29) is 169 Å². The van der Waals surface area contributed by atoms with E-state index in [9.17, 15) is 52.7 Å². The van der Waals surface area contributed by atoms with Crippen LogP contribution in [0.4, 0.5) is 0 Å². The van der Waals surface area contributed by atoms with Gasteiger partial charge in [0.15, 0.2) is 36.5 Å². The topological polar surface area (TPSA) is 326 Å². The molecule has 22 unspecified atom stereocenters. The summed E-state index contributed by atoms with van der Waals surface area (Å²) < 4.78 is 79.2. The van der Waals surface area contributed by atoms with Crippen molar-refractivity contribution in [1.82, 2.24) is 0 Å². The van der Waals surface area contributed by atoms with Crippen molar-refractivity contribution in [2.24, 2.45) is 92.2 Å². The number of ether oxygens (including phenoxy) is 15. The summed E-state index contributed by atoms with van der Waals surface area (Å²) in [5, 5.41) is 0. The lowest BCUT2D eigenvalue weighted by molar-refractivity contribution is -0.217. The van der Waals surface area contributed by atoms with Crippen molar-refractivity contribution in [2.75, 3.05) is 34.5 Å². The number of rotatable bonds is 14. The highest BCUT2D eigenvalue weighted by Gasteiger charge is 2.71.